The molecule has 1 atom stereocenters. The topological polar surface area (TPSA) is 98.9 Å². The SMILES string of the molecule is C[C@@H]1CN(c2nc(C3CC3)c(B3OC(C)(C)C(C)(C)O3)cc2C#N)CCN1C(=O)CCO. The number of nitrogens with zero attached hydrogens (tertiary/aromatic N) is 4. The Morgan fingerprint density at radius 1 is 1.28 bits per heavy atom. The van der Waals surface area contributed by atoms with Crippen LogP contribution in [-0.2, 0) is 14.1 Å². The lowest BCUT2D eigenvalue weighted by atomic mass is 9.76. The summed E-state index contributed by atoms with van der Waals surface area (Å²) in [6.45, 7) is 11.7. The molecule has 1 aliphatic carbocycles. The molecule has 2 saturated heterocycles. The van der Waals surface area contributed by atoms with Crippen LogP contribution in [0.25, 0.3) is 0 Å². The zero-order valence-corrected chi connectivity index (χ0v) is 19.7. The van der Waals surface area contributed by atoms with Crippen molar-refractivity contribution in [1.82, 2.24) is 9.88 Å². The molecule has 1 saturated carbocycles. The van der Waals surface area contributed by atoms with Crippen molar-refractivity contribution in [3.8, 4) is 6.07 Å². The maximum atomic E-state index is 12.3. The van der Waals surface area contributed by atoms with Gasteiger partial charge in [-0.05, 0) is 53.5 Å². The Labute approximate surface area is 190 Å². The van der Waals surface area contributed by atoms with Crippen LogP contribution in [0.5, 0.6) is 0 Å². The first-order chi connectivity index (χ1) is 15.1. The number of pyridine rings is 1. The van der Waals surface area contributed by atoms with Gasteiger partial charge in [0.05, 0.1) is 23.4 Å². The van der Waals surface area contributed by atoms with Gasteiger partial charge in [-0.15, -0.1) is 0 Å². The molecule has 3 aliphatic rings. The van der Waals surface area contributed by atoms with Gasteiger partial charge in [0.25, 0.3) is 0 Å². The van der Waals surface area contributed by atoms with Crippen LogP contribution in [0.4, 0.5) is 5.82 Å². The normalized spacial score (nSPS) is 24.5. The first kappa shape index (κ1) is 23.0. The monoisotopic (exact) mass is 440 g/mol. The number of aliphatic hydroxyl groups is 1. The number of rotatable bonds is 5. The van der Waals surface area contributed by atoms with Crippen LogP contribution < -0.4 is 10.4 Å². The Hall–Kier alpha value is -2.15. The number of aliphatic hydroxyl groups excluding tert-OH is 1. The van der Waals surface area contributed by atoms with Gasteiger partial charge in [0.15, 0.2) is 0 Å². The molecule has 2 aliphatic heterocycles. The first-order valence-corrected chi connectivity index (χ1v) is 11.5. The van der Waals surface area contributed by atoms with E-state index in [4.69, 9.17) is 19.4 Å². The Morgan fingerprint density at radius 2 is 1.94 bits per heavy atom. The average Bonchev–Trinajstić information content (AvgIpc) is 3.54. The van der Waals surface area contributed by atoms with Crippen molar-refractivity contribution in [1.29, 1.82) is 5.26 Å². The third-order valence-corrected chi connectivity index (χ3v) is 7.23. The largest absolute Gasteiger partial charge is 0.496 e. The highest BCUT2D eigenvalue weighted by Gasteiger charge is 2.53. The number of anilines is 1. The van der Waals surface area contributed by atoms with Gasteiger partial charge in [-0.2, -0.15) is 5.26 Å². The third-order valence-electron chi connectivity index (χ3n) is 7.23. The second kappa shape index (κ2) is 8.33. The summed E-state index contributed by atoms with van der Waals surface area (Å²) in [5.41, 5.74) is 1.40. The van der Waals surface area contributed by atoms with Crippen LogP contribution in [-0.4, -0.2) is 71.5 Å². The third kappa shape index (κ3) is 4.12. The molecule has 0 radical (unpaired) electrons. The first-order valence-electron chi connectivity index (χ1n) is 11.5. The fourth-order valence-electron chi connectivity index (χ4n) is 4.46. The van der Waals surface area contributed by atoms with Crippen LogP contribution in [0, 0.1) is 11.3 Å². The molecule has 4 rings (SSSR count). The Morgan fingerprint density at radius 3 is 2.47 bits per heavy atom. The molecule has 8 nitrogen and oxygen atoms in total. The Balaban J connectivity index is 1.64. The highest BCUT2D eigenvalue weighted by Crippen LogP contribution is 2.42. The van der Waals surface area contributed by atoms with E-state index >= 15 is 0 Å². The summed E-state index contributed by atoms with van der Waals surface area (Å²) in [6, 6.07) is 4.20. The van der Waals surface area contributed by atoms with Crippen molar-refractivity contribution in [2.75, 3.05) is 31.1 Å². The standard InChI is InChI=1S/C23H33BN4O4/c1-15-14-27(9-10-28(15)19(30)8-11-29)21-17(13-25)12-18(20(26-21)16-6-7-16)24-31-22(2,3)23(4,5)32-24/h12,15-16,29H,6-11,14H2,1-5H3/t15-/m1/s1. The van der Waals surface area contributed by atoms with Crippen LogP contribution >= 0.6 is 0 Å². The van der Waals surface area contributed by atoms with Crippen LogP contribution in [0.1, 0.15) is 71.1 Å². The zero-order chi connectivity index (χ0) is 23.3. The summed E-state index contributed by atoms with van der Waals surface area (Å²) in [6.07, 6.45) is 2.29. The molecule has 172 valence electrons. The minimum Gasteiger partial charge on any atom is -0.399 e. The molecule has 9 heteroatoms. The summed E-state index contributed by atoms with van der Waals surface area (Å²) in [5, 5.41) is 19.0. The molecule has 1 N–H and O–H groups in total. The summed E-state index contributed by atoms with van der Waals surface area (Å²) in [7, 11) is -0.545. The van der Waals surface area contributed by atoms with E-state index in [0.717, 1.165) is 24.0 Å². The lowest BCUT2D eigenvalue weighted by Crippen LogP contribution is -2.54. The van der Waals surface area contributed by atoms with Gasteiger partial charge in [-0.1, -0.05) is 0 Å². The zero-order valence-electron chi connectivity index (χ0n) is 19.7. The van der Waals surface area contributed by atoms with Gasteiger partial charge < -0.3 is 24.2 Å². The van der Waals surface area contributed by atoms with Crippen LogP contribution in [0.2, 0.25) is 0 Å². The van der Waals surface area contributed by atoms with Crippen molar-refractivity contribution < 1.29 is 19.2 Å². The molecule has 1 aromatic heterocycles. The number of aromatic nitrogens is 1. The number of hydrogen-bond donors (Lipinski definition) is 1. The molecule has 3 fully saturated rings. The van der Waals surface area contributed by atoms with Gasteiger partial charge in [0.1, 0.15) is 11.9 Å². The van der Waals surface area contributed by atoms with Crippen molar-refractivity contribution in [2.24, 2.45) is 0 Å². The van der Waals surface area contributed by atoms with E-state index in [-0.39, 0.29) is 25.0 Å². The van der Waals surface area contributed by atoms with E-state index in [1.165, 1.54) is 0 Å². The lowest BCUT2D eigenvalue weighted by molar-refractivity contribution is -0.134. The predicted molar refractivity (Wildman–Crippen MR) is 122 cm³/mol. The number of piperazine rings is 1. The molecule has 1 amide bonds. The Kier molecular flexibility index (Phi) is 5.99. The minimum absolute atomic E-state index is 0.0247. The molecule has 0 bridgehead atoms. The van der Waals surface area contributed by atoms with Crippen molar-refractivity contribution in [3.05, 3.63) is 17.3 Å². The number of carbonyl (C=O) groups is 1. The highest BCUT2D eigenvalue weighted by molar-refractivity contribution is 6.62. The molecule has 0 spiro atoms. The molecule has 1 aromatic rings. The number of carbonyl (C=O) groups excluding carboxylic acids is 1. The molecule has 3 heterocycles. The van der Waals surface area contributed by atoms with Crippen molar-refractivity contribution >= 4 is 24.3 Å². The van der Waals surface area contributed by atoms with Gasteiger partial charge >= 0.3 is 7.12 Å². The predicted octanol–water partition coefficient (Wildman–Crippen LogP) is 1.55. The summed E-state index contributed by atoms with van der Waals surface area (Å²) < 4.78 is 12.6. The molecular formula is C23H33BN4O4. The molecular weight excluding hydrogens is 407 g/mol. The number of amides is 1. The van der Waals surface area contributed by atoms with Crippen LogP contribution in [0.15, 0.2) is 6.07 Å². The molecule has 32 heavy (non-hydrogen) atoms. The summed E-state index contributed by atoms with van der Waals surface area (Å²) in [5.74, 6) is 0.999. The number of hydrogen-bond acceptors (Lipinski definition) is 7. The quantitative estimate of drug-likeness (QED) is 0.694. The fraction of sp³-hybridized carbons (Fsp3) is 0.696. The second-order valence-electron chi connectivity index (χ2n) is 10.2. The smallest absolute Gasteiger partial charge is 0.399 e. The number of nitriles is 1. The van der Waals surface area contributed by atoms with E-state index < -0.39 is 18.3 Å². The Bertz CT molecular complexity index is 925. The second-order valence-corrected chi connectivity index (χ2v) is 10.2. The van der Waals surface area contributed by atoms with Crippen molar-refractivity contribution in [2.45, 2.75) is 77.0 Å². The maximum Gasteiger partial charge on any atom is 0.496 e. The average molecular weight is 440 g/mol. The van der Waals surface area contributed by atoms with Crippen molar-refractivity contribution in [3.63, 3.8) is 0 Å². The van der Waals surface area contributed by atoms with Gasteiger partial charge in [0, 0.05) is 49.2 Å². The minimum atomic E-state index is -0.545. The van der Waals surface area contributed by atoms with Crippen LogP contribution in [0.3, 0.4) is 0 Å². The summed E-state index contributed by atoms with van der Waals surface area (Å²) >= 11 is 0. The fourth-order valence-corrected chi connectivity index (χ4v) is 4.46. The van der Waals surface area contributed by atoms with E-state index in [9.17, 15) is 10.1 Å². The summed E-state index contributed by atoms with van der Waals surface area (Å²) in [4.78, 5) is 21.2. The highest BCUT2D eigenvalue weighted by atomic mass is 16.7. The molecule has 0 unspecified atom stereocenters. The maximum absolute atomic E-state index is 12.3. The van der Waals surface area contributed by atoms with E-state index in [1.54, 1.807) is 4.90 Å². The van der Waals surface area contributed by atoms with E-state index in [1.807, 2.05) is 40.7 Å². The van der Waals surface area contributed by atoms with Gasteiger partial charge in [0.2, 0.25) is 5.91 Å². The van der Waals surface area contributed by atoms with E-state index in [0.29, 0.717) is 36.9 Å². The van der Waals surface area contributed by atoms with E-state index in [2.05, 4.69) is 11.0 Å². The lowest BCUT2D eigenvalue weighted by Gasteiger charge is -2.41. The van der Waals surface area contributed by atoms with Gasteiger partial charge in [-0.3, -0.25) is 4.79 Å². The van der Waals surface area contributed by atoms with Gasteiger partial charge in [-0.25, -0.2) is 4.98 Å². The molecule has 0 aromatic carbocycles.